The van der Waals surface area contributed by atoms with E-state index >= 15 is 0 Å². The van der Waals surface area contributed by atoms with Gasteiger partial charge in [0, 0.05) is 0 Å². The quantitative estimate of drug-likeness (QED) is 0.649. The van der Waals surface area contributed by atoms with Crippen LogP contribution in [0, 0.1) is 32.6 Å². The first kappa shape index (κ1) is 23.4. The number of aryl methyl sites for hydroxylation is 2. The third-order valence-electron chi connectivity index (χ3n) is 2.79. The van der Waals surface area contributed by atoms with Crippen molar-refractivity contribution in [1.29, 1.82) is 0 Å². The molecule has 3 rings (SSSR count). The van der Waals surface area contributed by atoms with Gasteiger partial charge < -0.3 is 12.4 Å². The summed E-state index contributed by atoms with van der Waals surface area (Å²) >= 11 is 0. The van der Waals surface area contributed by atoms with Crippen LogP contribution in [0.3, 0.4) is 0 Å². The van der Waals surface area contributed by atoms with Crippen LogP contribution < -0.4 is 12.4 Å². The Balaban J connectivity index is 0. The smallest absolute Gasteiger partial charge is 1.00 e. The second-order valence-corrected chi connectivity index (χ2v) is 4.53. The molecule has 0 nitrogen and oxygen atoms in total. The van der Waals surface area contributed by atoms with Crippen molar-refractivity contribution < 1.29 is 38.6 Å². The molecular weight excluding hydrogens is 367 g/mol. The number of benzene rings is 1. The normalized spacial score (nSPS) is 12.3. The molecule has 0 atom stereocenters. The third kappa shape index (κ3) is 10.8. The molecule has 2 aliphatic carbocycles. The maximum atomic E-state index is 5.39. The maximum absolute atomic E-state index is 5.39. The molecule has 0 unspecified atom stereocenters. The Morgan fingerprint density at radius 2 is 1.55 bits per heavy atom. The molecule has 0 saturated heterocycles. The monoisotopic (exact) mass is 386 g/mol. The molecule has 2 heteroatoms. The molecule has 0 saturated carbocycles. The van der Waals surface area contributed by atoms with E-state index in [2.05, 4.69) is 56.4 Å². The van der Waals surface area contributed by atoms with Crippen molar-refractivity contribution in [3.63, 3.8) is 0 Å². The molecule has 22 heavy (non-hydrogen) atoms. The van der Waals surface area contributed by atoms with Gasteiger partial charge in [0.25, 0.3) is 0 Å². The van der Waals surface area contributed by atoms with Crippen molar-refractivity contribution in [3.05, 3.63) is 90.1 Å². The molecule has 0 bridgehead atoms. The third-order valence-corrected chi connectivity index (χ3v) is 2.79. The summed E-state index contributed by atoms with van der Waals surface area (Å²) in [5, 5.41) is 0. The van der Waals surface area contributed by atoms with E-state index in [1.165, 1.54) is 11.1 Å². The Labute approximate surface area is 160 Å². The van der Waals surface area contributed by atoms with Gasteiger partial charge in [-0.25, -0.2) is 30.4 Å². The Morgan fingerprint density at radius 1 is 1.00 bits per heavy atom. The zero-order chi connectivity index (χ0) is 14.6. The Bertz CT molecular complexity index is 495. The van der Waals surface area contributed by atoms with Crippen molar-refractivity contribution >= 4 is 6.08 Å². The second-order valence-electron chi connectivity index (χ2n) is 4.53. The minimum Gasteiger partial charge on any atom is -1.00 e. The van der Waals surface area contributed by atoms with Crippen molar-refractivity contribution in [2.45, 2.75) is 26.7 Å². The average Bonchev–Trinajstić information content (AvgIpc) is 3.19. The molecule has 0 fully saturated rings. The van der Waals surface area contributed by atoms with Gasteiger partial charge in [0.05, 0.1) is 0 Å². The molecule has 1 aromatic carbocycles. The van der Waals surface area contributed by atoms with Crippen LogP contribution in [-0.2, 0) is 26.2 Å². The fourth-order valence-corrected chi connectivity index (χ4v) is 1.62. The van der Waals surface area contributed by atoms with Crippen LogP contribution in [0.5, 0.6) is 0 Å². The second kappa shape index (κ2) is 15.0. The molecule has 0 amide bonds. The summed E-state index contributed by atoms with van der Waals surface area (Å²) < 4.78 is 0. The summed E-state index contributed by atoms with van der Waals surface area (Å²) in [4.78, 5) is 0. The molecule has 0 spiro atoms. The van der Waals surface area contributed by atoms with E-state index in [0.717, 1.165) is 18.4 Å². The molecule has 0 aliphatic heterocycles. The van der Waals surface area contributed by atoms with Gasteiger partial charge in [-0.05, 0) is 6.92 Å². The Kier molecular flexibility index (Phi) is 15.9. The van der Waals surface area contributed by atoms with E-state index in [4.69, 9.17) is 6.58 Å². The van der Waals surface area contributed by atoms with E-state index < -0.39 is 0 Å². The van der Waals surface area contributed by atoms with Gasteiger partial charge >= 0.3 is 26.2 Å². The van der Waals surface area contributed by atoms with Crippen LogP contribution in [-0.4, -0.2) is 0 Å². The number of halogens is 1. The molecule has 112 valence electrons. The molecule has 1 aromatic rings. The molecule has 0 aromatic heterocycles. The fraction of sp³-hybridized carbons (Fsp3) is 0.200. The summed E-state index contributed by atoms with van der Waals surface area (Å²) in [5.41, 5.74) is 3.61. The van der Waals surface area contributed by atoms with E-state index in [-0.39, 0.29) is 38.6 Å². The average molecular weight is 388 g/mol. The van der Waals surface area contributed by atoms with Crippen molar-refractivity contribution in [2.24, 2.45) is 0 Å². The first-order chi connectivity index (χ1) is 9.74. The first-order valence-electron chi connectivity index (χ1n) is 6.79. The first-order valence-corrected chi connectivity index (χ1v) is 6.79. The van der Waals surface area contributed by atoms with Crippen LogP contribution in [0.25, 0.3) is 6.08 Å². The van der Waals surface area contributed by atoms with E-state index in [9.17, 15) is 0 Å². The molecular formula is C20H21ClZr. The van der Waals surface area contributed by atoms with E-state index in [0.29, 0.717) is 0 Å². The summed E-state index contributed by atoms with van der Waals surface area (Å²) in [6.07, 6.45) is 21.6. The van der Waals surface area contributed by atoms with Crippen molar-refractivity contribution in [1.82, 2.24) is 0 Å². The number of rotatable bonds is 1. The summed E-state index contributed by atoms with van der Waals surface area (Å²) in [6.45, 7) is 9.51. The molecule has 0 N–H and O–H groups in total. The van der Waals surface area contributed by atoms with E-state index in [1.807, 2.05) is 24.3 Å². The van der Waals surface area contributed by atoms with Gasteiger partial charge in [0.15, 0.2) is 0 Å². The largest absolute Gasteiger partial charge is 4.00 e. The summed E-state index contributed by atoms with van der Waals surface area (Å²) in [7, 11) is 0. The summed E-state index contributed by atoms with van der Waals surface area (Å²) in [5.74, 6) is 0. The maximum Gasteiger partial charge on any atom is 4.00 e. The topological polar surface area (TPSA) is 0 Å². The van der Waals surface area contributed by atoms with Crippen LogP contribution in [0.15, 0.2) is 54.7 Å². The molecule has 2 aliphatic rings. The van der Waals surface area contributed by atoms with Crippen molar-refractivity contribution in [2.75, 3.05) is 0 Å². The molecule has 0 heterocycles. The Hall–Kier alpha value is -0.907. The summed E-state index contributed by atoms with van der Waals surface area (Å²) in [6, 6.07) is 6.24. The van der Waals surface area contributed by atoms with Gasteiger partial charge in [-0.15, -0.1) is 24.5 Å². The fourth-order valence-electron chi connectivity index (χ4n) is 1.62. The van der Waals surface area contributed by atoms with E-state index in [1.54, 1.807) is 6.08 Å². The standard InChI is InChI=1S/C10H11.2C5H5.ClH.Zr/c1-4-10-7-8(2)5-6-9(10)3;2*1-2-4-5-3-1;;/h1,4-7H,2-3H3;2*1-3H,4H2;1H;/q3*-1;;+4/p-1. The molecule has 0 radical (unpaired) electrons. The number of hydrogen-bond acceptors (Lipinski definition) is 0. The zero-order valence-electron chi connectivity index (χ0n) is 13.1. The van der Waals surface area contributed by atoms with Gasteiger partial charge in [-0.2, -0.15) is 17.7 Å². The zero-order valence-corrected chi connectivity index (χ0v) is 16.4. The number of allylic oxidation sites excluding steroid dienone is 8. The van der Waals surface area contributed by atoms with Crippen LogP contribution in [0.2, 0.25) is 0 Å². The van der Waals surface area contributed by atoms with Gasteiger partial charge in [0.1, 0.15) is 0 Å². The van der Waals surface area contributed by atoms with Gasteiger partial charge in [0.2, 0.25) is 0 Å². The van der Waals surface area contributed by atoms with Gasteiger partial charge in [-0.1, -0.05) is 24.6 Å². The van der Waals surface area contributed by atoms with Crippen LogP contribution in [0.1, 0.15) is 29.5 Å². The van der Waals surface area contributed by atoms with Crippen LogP contribution >= 0.6 is 0 Å². The van der Waals surface area contributed by atoms with Crippen LogP contribution in [0.4, 0.5) is 0 Å². The minimum atomic E-state index is 0. The Morgan fingerprint density at radius 3 is 1.82 bits per heavy atom. The SMILES string of the molecule is [C-]1=CC=CC1.[C-]1=CC=CC1.[CH-]=Cc1cc(C)ccc1C.[Cl-].[Zr+4]. The number of hydrogen-bond donors (Lipinski definition) is 0. The minimum absolute atomic E-state index is 0. The van der Waals surface area contributed by atoms with Crippen molar-refractivity contribution in [3.8, 4) is 0 Å². The predicted octanol–water partition coefficient (Wildman–Crippen LogP) is 2.36. The predicted molar refractivity (Wildman–Crippen MR) is 87.8 cm³/mol. The van der Waals surface area contributed by atoms with Gasteiger partial charge in [-0.3, -0.25) is 18.7 Å².